The number of nitrogens with zero attached hydrogens (tertiary/aromatic N) is 4. The van der Waals surface area contributed by atoms with E-state index in [1.807, 2.05) is 71.1 Å². The summed E-state index contributed by atoms with van der Waals surface area (Å²) in [4.78, 5) is 15.2. The minimum atomic E-state index is -0.346. The van der Waals surface area contributed by atoms with Gasteiger partial charge in [-0.15, -0.1) is 10.2 Å². The van der Waals surface area contributed by atoms with Crippen LogP contribution in [0.3, 0.4) is 0 Å². The van der Waals surface area contributed by atoms with E-state index in [2.05, 4.69) is 10.2 Å². The number of thioether (sulfide) groups is 1. The van der Waals surface area contributed by atoms with E-state index in [4.69, 9.17) is 11.6 Å². The highest BCUT2D eigenvalue weighted by Gasteiger charge is 2.30. The van der Waals surface area contributed by atoms with Gasteiger partial charge in [-0.1, -0.05) is 65.8 Å². The van der Waals surface area contributed by atoms with Crippen molar-refractivity contribution in [3.8, 4) is 11.4 Å². The highest BCUT2D eigenvalue weighted by Crippen LogP contribution is 2.38. The van der Waals surface area contributed by atoms with Crippen molar-refractivity contribution in [1.29, 1.82) is 0 Å². The third-order valence-corrected chi connectivity index (χ3v) is 6.52. The monoisotopic (exact) mass is 412 g/mol. The molecule has 0 saturated carbocycles. The van der Waals surface area contributed by atoms with Crippen LogP contribution >= 0.6 is 23.4 Å². The van der Waals surface area contributed by atoms with Gasteiger partial charge >= 0.3 is 0 Å². The Morgan fingerprint density at radius 2 is 1.71 bits per heavy atom. The van der Waals surface area contributed by atoms with E-state index in [1.165, 1.54) is 11.8 Å². The number of halogens is 1. The summed E-state index contributed by atoms with van der Waals surface area (Å²) in [6.45, 7) is 1.65. The zero-order valence-electron chi connectivity index (χ0n) is 15.6. The number of aromatic nitrogens is 3. The highest BCUT2D eigenvalue weighted by atomic mass is 35.5. The fraction of sp³-hybridized carbons (Fsp3) is 0.286. The van der Waals surface area contributed by atoms with Gasteiger partial charge in [0.05, 0.1) is 5.02 Å². The Morgan fingerprint density at radius 1 is 1.04 bits per heavy atom. The molecular weight excluding hydrogens is 392 g/mol. The molecule has 3 aromatic rings. The van der Waals surface area contributed by atoms with Crippen LogP contribution in [0.1, 0.15) is 23.7 Å². The summed E-state index contributed by atoms with van der Waals surface area (Å²) in [7, 11) is 1.91. The number of rotatable bonds is 5. The van der Waals surface area contributed by atoms with Gasteiger partial charge in [0.2, 0.25) is 5.91 Å². The van der Waals surface area contributed by atoms with Crippen LogP contribution in [0.25, 0.3) is 11.4 Å². The maximum absolute atomic E-state index is 13.2. The van der Waals surface area contributed by atoms with E-state index in [9.17, 15) is 4.79 Å². The predicted molar refractivity (Wildman–Crippen MR) is 112 cm³/mol. The number of hydrogen-bond acceptors (Lipinski definition) is 4. The predicted octanol–water partition coefficient (Wildman–Crippen LogP) is 4.59. The standard InChI is InChI=1S/C21H21ClN4OS/c1-25-19(16-11-5-6-12-17(16)22)23-24-21(25)28-18(15-9-3-2-4-10-15)20(27)26-13-7-8-14-26/h2-6,9-12,18H,7-8,13-14H2,1H3. The van der Waals surface area contributed by atoms with Crippen LogP contribution in [-0.4, -0.2) is 38.7 Å². The molecule has 1 atom stereocenters. The van der Waals surface area contributed by atoms with Crippen molar-refractivity contribution < 1.29 is 4.79 Å². The largest absolute Gasteiger partial charge is 0.341 e. The van der Waals surface area contributed by atoms with Crippen LogP contribution in [-0.2, 0) is 11.8 Å². The van der Waals surface area contributed by atoms with E-state index in [0.29, 0.717) is 16.0 Å². The van der Waals surface area contributed by atoms with Crippen LogP contribution in [0.5, 0.6) is 0 Å². The maximum atomic E-state index is 13.2. The van der Waals surface area contributed by atoms with E-state index >= 15 is 0 Å². The van der Waals surface area contributed by atoms with Gasteiger partial charge in [0.15, 0.2) is 11.0 Å². The number of amides is 1. The van der Waals surface area contributed by atoms with Crippen molar-refractivity contribution in [1.82, 2.24) is 19.7 Å². The van der Waals surface area contributed by atoms with Gasteiger partial charge < -0.3 is 9.47 Å². The van der Waals surface area contributed by atoms with Crippen LogP contribution in [0.2, 0.25) is 5.02 Å². The summed E-state index contributed by atoms with van der Waals surface area (Å²) < 4.78 is 1.90. The third-order valence-electron chi connectivity index (χ3n) is 4.92. The summed E-state index contributed by atoms with van der Waals surface area (Å²) >= 11 is 7.77. The molecule has 4 rings (SSSR count). The SMILES string of the molecule is Cn1c(SC(C(=O)N2CCCC2)c2ccccc2)nnc1-c1ccccc1Cl. The fourth-order valence-corrected chi connectivity index (χ4v) is 4.70. The quantitative estimate of drug-likeness (QED) is 0.575. The Hall–Kier alpha value is -2.31. The van der Waals surface area contributed by atoms with Crippen LogP contribution < -0.4 is 0 Å². The van der Waals surface area contributed by atoms with E-state index in [1.54, 1.807) is 0 Å². The van der Waals surface area contributed by atoms with Crippen molar-refractivity contribution >= 4 is 29.3 Å². The Bertz CT molecular complexity index is 970. The molecule has 1 aromatic heterocycles. The first-order valence-electron chi connectivity index (χ1n) is 9.30. The Morgan fingerprint density at radius 3 is 2.43 bits per heavy atom. The normalized spacial score (nSPS) is 15.0. The summed E-state index contributed by atoms with van der Waals surface area (Å²) in [6, 6.07) is 17.5. The average Bonchev–Trinajstić information content (AvgIpc) is 3.37. The fourth-order valence-electron chi connectivity index (χ4n) is 3.39. The average molecular weight is 413 g/mol. The first kappa shape index (κ1) is 19.0. The topological polar surface area (TPSA) is 51.0 Å². The number of likely N-dealkylation sites (tertiary alicyclic amines) is 1. The minimum absolute atomic E-state index is 0.135. The maximum Gasteiger partial charge on any atom is 0.240 e. The van der Waals surface area contributed by atoms with Crippen molar-refractivity contribution in [3.63, 3.8) is 0 Å². The Kier molecular flexibility index (Phi) is 5.69. The number of hydrogen-bond donors (Lipinski definition) is 0. The molecule has 1 aliphatic heterocycles. The van der Waals surface area contributed by atoms with E-state index in [-0.39, 0.29) is 11.2 Å². The molecule has 1 amide bonds. The second-order valence-corrected chi connectivity index (χ2v) is 8.27. The second kappa shape index (κ2) is 8.37. The minimum Gasteiger partial charge on any atom is -0.341 e. The summed E-state index contributed by atoms with van der Waals surface area (Å²) in [5, 5.41) is 9.66. The molecule has 0 N–H and O–H groups in total. The third kappa shape index (κ3) is 3.80. The summed E-state index contributed by atoms with van der Waals surface area (Å²) in [6.07, 6.45) is 2.14. The molecule has 1 aliphatic rings. The van der Waals surface area contributed by atoms with Crippen LogP contribution in [0.15, 0.2) is 59.8 Å². The van der Waals surface area contributed by atoms with Gasteiger partial charge in [0.25, 0.3) is 0 Å². The van der Waals surface area contributed by atoms with Gasteiger partial charge in [0.1, 0.15) is 5.25 Å². The molecule has 5 nitrogen and oxygen atoms in total. The molecule has 28 heavy (non-hydrogen) atoms. The van der Waals surface area contributed by atoms with Crippen LogP contribution in [0.4, 0.5) is 0 Å². The number of carbonyl (C=O) groups excluding carboxylic acids is 1. The molecule has 0 aliphatic carbocycles. The van der Waals surface area contributed by atoms with Crippen molar-refractivity contribution in [2.45, 2.75) is 23.2 Å². The lowest BCUT2D eigenvalue weighted by atomic mass is 10.1. The molecule has 7 heteroatoms. The molecule has 0 spiro atoms. The molecule has 2 aromatic carbocycles. The van der Waals surface area contributed by atoms with Crippen molar-refractivity contribution in [3.05, 3.63) is 65.2 Å². The van der Waals surface area contributed by atoms with Crippen molar-refractivity contribution in [2.24, 2.45) is 7.05 Å². The second-order valence-electron chi connectivity index (χ2n) is 6.79. The lowest BCUT2D eigenvalue weighted by Crippen LogP contribution is -2.31. The molecule has 144 valence electrons. The van der Waals surface area contributed by atoms with E-state index < -0.39 is 0 Å². The Labute approximate surface area is 173 Å². The first-order chi connectivity index (χ1) is 13.6. The lowest BCUT2D eigenvalue weighted by Gasteiger charge is -2.22. The van der Waals surface area contributed by atoms with Gasteiger partial charge in [-0.25, -0.2) is 0 Å². The molecule has 2 heterocycles. The van der Waals surface area contributed by atoms with Gasteiger partial charge in [-0.05, 0) is 30.5 Å². The molecule has 0 bridgehead atoms. The molecule has 0 radical (unpaired) electrons. The molecular formula is C21H21ClN4OS. The number of carbonyl (C=O) groups is 1. The van der Waals surface area contributed by atoms with Crippen molar-refractivity contribution in [2.75, 3.05) is 13.1 Å². The zero-order valence-corrected chi connectivity index (χ0v) is 17.2. The zero-order chi connectivity index (χ0) is 19.5. The Balaban J connectivity index is 1.66. The summed E-state index contributed by atoms with van der Waals surface area (Å²) in [5.74, 6) is 0.824. The molecule has 1 unspecified atom stereocenters. The molecule has 1 fully saturated rings. The summed E-state index contributed by atoms with van der Waals surface area (Å²) in [5.41, 5.74) is 1.81. The lowest BCUT2D eigenvalue weighted by molar-refractivity contribution is -0.129. The smallest absolute Gasteiger partial charge is 0.240 e. The van der Waals surface area contributed by atoms with E-state index in [0.717, 1.165) is 37.1 Å². The van der Waals surface area contributed by atoms with Gasteiger partial charge in [-0.3, -0.25) is 4.79 Å². The first-order valence-corrected chi connectivity index (χ1v) is 10.6. The molecule has 1 saturated heterocycles. The van der Waals surface area contributed by atoms with Gasteiger partial charge in [-0.2, -0.15) is 0 Å². The highest BCUT2D eigenvalue weighted by molar-refractivity contribution is 8.00. The number of benzene rings is 2. The van der Waals surface area contributed by atoms with Gasteiger partial charge in [0, 0.05) is 25.7 Å². The van der Waals surface area contributed by atoms with Crippen LogP contribution in [0, 0.1) is 0 Å².